The molecule has 176 valence electrons. The zero-order valence-electron chi connectivity index (χ0n) is 18.7. The van der Waals surface area contributed by atoms with E-state index in [0.717, 1.165) is 44.5 Å². The van der Waals surface area contributed by atoms with Gasteiger partial charge in [-0.3, -0.25) is 0 Å². The van der Waals surface area contributed by atoms with Gasteiger partial charge in [0.15, 0.2) is 0 Å². The molecular weight excluding hydrogens is 446 g/mol. The van der Waals surface area contributed by atoms with Gasteiger partial charge in [-0.05, 0) is 62.5 Å². The van der Waals surface area contributed by atoms with Crippen LogP contribution in [0.15, 0.2) is 65.6 Å². The Bertz CT molecular complexity index is 1050. The fourth-order valence-electron chi connectivity index (χ4n) is 4.19. The fourth-order valence-corrected chi connectivity index (χ4v) is 6.26. The first kappa shape index (κ1) is 24.9. The molecule has 0 radical (unpaired) electrons. The van der Waals surface area contributed by atoms with Gasteiger partial charge in [0.1, 0.15) is 0 Å². The topological polar surface area (TPSA) is 86.8 Å². The van der Waals surface area contributed by atoms with Gasteiger partial charge in [-0.1, -0.05) is 48.5 Å². The van der Waals surface area contributed by atoms with Crippen LogP contribution in [0.25, 0.3) is 0 Å². The third-order valence-electron chi connectivity index (χ3n) is 5.96. The van der Waals surface area contributed by atoms with Crippen LogP contribution in [0.3, 0.4) is 0 Å². The molecule has 7 nitrogen and oxygen atoms in total. The highest BCUT2D eigenvalue weighted by Gasteiger charge is 2.26. The van der Waals surface area contributed by atoms with Crippen molar-refractivity contribution in [2.45, 2.75) is 36.1 Å². The molecule has 0 aromatic heterocycles. The number of likely N-dealkylation sites (N-methyl/N-ethyl adjacent to an activating group) is 1. The first-order chi connectivity index (χ1) is 15.1. The van der Waals surface area contributed by atoms with Gasteiger partial charge in [-0.2, -0.15) is 0 Å². The average Bonchev–Trinajstić information content (AvgIpc) is 2.77. The van der Waals surface area contributed by atoms with E-state index >= 15 is 0 Å². The molecule has 2 aromatic rings. The van der Waals surface area contributed by atoms with Gasteiger partial charge in [0.25, 0.3) is 0 Å². The second-order valence-corrected chi connectivity index (χ2v) is 12.3. The predicted molar refractivity (Wildman–Crippen MR) is 127 cm³/mol. The van der Waals surface area contributed by atoms with Crippen LogP contribution in [-0.2, 0) is 20.0 Å². The van der Waals surface area contributed by atoms with E-state index in [1.165, 1.54) is 10.6 Å². The normalized spacial score (nSPS) is 17.5. The van der Waals surface area contributed by atoms with Gasteiger partial charge in [-0.15, -0.1) is 0 Å². The highest BCUT2D eigenvalue weighted by Crippen LogP contribution is 2.25. The maximum absolute atomic E-state index is 13.0. The molecule has 0 saturated carbocycles. The molecule has 1 aliphatic heterocycles. The van der Waals surface area contributed by atoms with Crippen molar-refractivity contribution in [3.05, 3.63) is 66.2 Å². The molecule has 3 rings (SSSR count). The van der Waals surface area contributed by atoms with Crippen molar-refractivity contribution in [2.24, 2.45) is 0 Å². The third-order valence-corrected chi connectivity index (χ3v) is 8.56. The molecule has 0 spiro atoms. The molecule has 32 heavy (non-hydrogen) atoms. The zero-order valence-corrected chi connectivity index (χ0v) is 20.4. The number of piperidine rings is 1. The van der Waals surface area contributed by atoms with E-state index in [1.54, 1.807) is 37.4 Å². The predicted octanol–water partition coefficient (Wildman–Crippen LogP) is 2.49. The van der Waals surface area contributed by atoms with E-state index in [1.807, 2.05) is 18.2 Å². The van der Waals surface area contributed by atoms with Crippen LogP contribution in [0.1, 0.15) is 30.7 Å². The number of nitrogens with one attached hydrogen (secondary N) is 1. The zero-order chi connectivity index (χ0) is 23.2. The fraction of sp³-hybridized carbons (Fsp3) is 0.478. The number of sulfonamides is 2. The molecule has 0 amide bonds. The SMILES string of the molecule is CN(C[C@H](CCN1CCC(NS(C)(=O)=O)CC1)c1ccccc1)S(=O)(=O)c1ccccc1. The second kappa shape index (κ2) is 10.9. The second-order valence-electron chi connectivity index (χ2n) is 8.50. The van der Waals surface area contributed by atoms with E-state index in [-0.39, 0.29) is 12.0 Å². The molecule has 1 N–H and O–H groups in total. The number of nitrogens with zero attached hydrogens (tertiary/aromatic N) is 2. The summed E-state index contributed by atoms with van der Waals surface area (Å²) >= 11 is 0. The van der Waals surface area contributed by atoms with E-state index in [2.05, 4.69) is 21.8 Å². The highest BCUT2D eigenvalue weighted by molar-refractivity contribution is 7.89. The van der Waals surface area contributed by atoms with Gasteiger partial charge in [-0.25, -0.2) is 25.9 Å². The van der Waals surface area contributed by atoms with Crippen LogP contribution in [0.2, 0.25) is 0 Å². The van der Waals surface area contributed by atoms with E-state index in [4.69, 9.17) is 0 Å². The lowest BCUT2D eigenvalue weighted by Gasteiger charge is -2.33. The lowest BCUT2D eigenvalue weighted by molar-refractivity contribution is 0.199. The Kier molecular flexibility index (Phi) is 8.46. The molecule has 1 saturated heterocycles. The molecule has 0 aliphatic carbocycles. The lowest BCUT2D eigenvalue weighted by atomic mass is 9.95. The summed E-state index contributed by atoms with van der Waals surface area (Å²) in [6.45, 7) is 2.89. The van der Waals surface area contributed by atoms with Crippen LogP contribution in [0.5, 0.6) is 0 Å². The Morgan fingerprint density at radius 3 is 2.09 bits per heavy atom. The minimum absolute atomic E-state index is 0.00619. The van der Waals surface area contributed by atoms with Crippen molar-refractivity contribution in [3.8, 4) is 0 Å². The summed E-state index contributed by atoms with van der Waals surface area (Å²) in [5.74, 6) is 0.0616. The van der Waals surface area contributed by atoms with Gasteiger partial charge in [0, 0.05) is 19.6 Å². The van der Waals surface area contributed by atoms with Gasteiger partial charge in [0.05, 0.1) is 11.2 Å². The summed E-state index contributed by atoms with van der Waals surface area (Å²) in [5, 5.41) is 0. The molecule has 1 aliphatic rings. The minimum atomic E-state index is -3.56. The van der Waals surface area contributed by atoms with Crippen LogP contribution in [0, 0.1) is 0 Å². The number of rotatable bonds is 10. The maximum atomic E-state index is 13.0. The molecule has 1 fully saturated rings. The van der Waals surface area contributed by atoms with Gasteiger partial charge < -0.3 is 4.90 Å². The molecule has 0 bridgehead atoms. The van der Waals surface area contributed by atoms with Crippen molar-refractivity contribution in [2.75, 3.05) is 39.5 Å². The van der Waals surface area contributed by atoms with Crippen molar-refractivity contribution in [1.82, 2.24) is 13.9 Å². The molecule has 1 heterocycles. The first-order valence-corrected chi connectivity index (χ1v) is 14.2. The number of likely N-dealkylation sites (tertiary alicyclic amines) is 1. The number of hydrogen-bond acceptors (Lipinski definition) is 5. The quantitative estimate of drug-likeness (QED) is 0.566. The smallest absolute Gasteiger partial charge is 0.242 e. The van der Waals surface area contributed by atoms with Crippen molar-refractivity contribution >= 4 is 20.0 Å². The van der Waals surface area contributed by atoms with Gasteiger partial charge in [0.2, 0.25) is 20.0 Å². The Morgan fingerprint density at radius 1 is 0.969 bits per heavy atom. The van der Waals surface area contributed by atoms with E-state index < -0.39 is 20.0 Å². The lowest BCUT2D eigenvalue weighted by Crippen LogP contribution is -2.44. The Hall–Kier alpha value is -1.78. The van der Waals surface area contributed by atoms with Crippen LogP contribution < -0.4 is 4.72 Å². The van der Waals surface area contributed by atoms with Crippen molar-refractivity contribution in [1.29, 1.82) is 0 Å². The first-order valence-electron chi connectivity index (χ1n) is 10.9. The third kappa shape index (κ3) is 7.11. The average molecular weight is 480 g/mol. The van der Waals surface area contributed by atoms with E-state index in [0.29, 0.717) is 11.4 Å². The molecule has 9 heteroatoms. The van der Waals surface area contributed by atoms with Crippen LogP contribution >= 0.6 is 0 Å². The summed E-state index contributed by atoms with van der Waals surface area (Å²) in [6, 6.07) is 18.5. The summed E-state index contributed by atoms with van der Waals surface area (Å²) in [5.41, 5.74) is 1.12. The Morgan fingerprint density at radius 2 is 1.53 bits per heavy atom. The summed E-state index contributed by atoms with van der Waals surface area (Å²) in [7, 11) is -5.10. The molecule has 0 unspecified atom stereocenters. The maximum Gasteiger partial charge on any atom is 0.242 e. The van der Waals surface area contributed by atoms with Crippen LogP contribution in [0.4, 0.5) is 0 Å². The minimum Gasteiger partial charge on any atom is -0.303 e. The van der Waals surface area contributed by atoms with Gasteiger partial charge >= 0.3 is 0 Å². The van der Waals surface area contributed by atoms with E-state index in [9.17, 15) is 16.8 Å². The standard InChI is InChI=1S/C23H33N3O4S2/c1-25(32(29,30)23-11-7-4-8-12-23)19-21(20-9-5-3-6-10-20)13-16-26-17-14-22(15-18-26)24-31(2,27)28/h3-12,21-22,24H,13-19H2,1-2H3/t21-/m0/s1. The van der Waals surface area contributed by atoms with Crippen molar-refractivity contribution in [3.63, 3.8) is 0 Å². The van der Waals surface area contributed by atoms with Crippen LogP contribution in [-0.4, -0.2) is 71.6 Å². The Labute approximate surface area is 192 Å². The largest absolute Gasteiger partial charge is 0.303 e. The molecular formula is C23H33N3O4S2. The molecule has 2 aromatic carbocycles. The summed E-state index contributed by atoms with van der Waals surface area (Å²) < 4.78 is 53.1. The summed E-state index contributed by atoms with van der Waals surface area (Å²) in [6.07, 6.45) is 3.59. The summed E-state index contributed by atoms with van der Waals surface area (Å²) in [4.78, 5) is 2.64. The Balaban J connectivity index is 1.63. The highest BCUT2D eigenvalue weighted by atomic mass is 32.2. The number of benzene rings is 2. The van der Waals surface area contributed by atoms with Crippen molar-refractivity contribution < 1.29 is 16.8 Å². The number of hydrogen-bond donors (Lipinski definition) is 1. The monoisotopic (exact) mass is 479 g/mol. The molecule has 1 atom stereocenters.